The average Bonchev–Trinajstić information content (AvgIpc) is 3.34. The van der Waals surface area contributed by atoms with Crippen molar-refractivity contribution < 1.29 is 13.9 Å². The number of hydrogen-bond donors (Lipinski definition) is 1. The van der Waals surface area contributed by atoms with Crippen molar-refractivity contribution in [1.29, 1.82) is 0 Å². The van der Waals surface area contributed by atoms with Gasteiger partial charge in [-0.1, -0.05) is 165 Å². The predicted molar refractivity (Wildman–Crippen MR) is 190 cm³/mol. The molecule has 1 aliphatic rings. The molecule has 0 aromatic heterocycles. The van der Waals surface area contributed by atoms with Gasteiger partial charge in [0, 0.05) is 6.54 Å². The van der Waals surface area contributed by atoms with Crippen LogP contribution in [-0.2, 0) is 27.1 Å². The summed E-state index contributed by atoms with van der Waals surface area (Å²) in [5.41, 5.74) is 2.49. The molecule has 0 aliphatic carbocycles. The number of rotatable bonds is 22. The van der Waals surface area contributed by atoms with E-state index in [1.807, 2.05) is 0 Å². The van der Waals surface area contributed by atoms with Crippen molar-refractivity contribution in [2.45, 2.75) is 167 Å². The van der Waals surface area contributed by atoms with E-state index in [-0.39, 0.29) is 29.4 Å². The molecular weight excluding hydrogens is 559 g/mol. The SMILES string of the molecule is CCCCCCCCCCCCCC[C@@H]1O[C@H](CO[Si](C)(C)C(C)(C)C)[C@@H](NCc2ccccc2)[C@H]1OCc1ccccc1. The van der Waals surface area contributed by atoms with Crippen LogP contribution in [0.1, 0.15) is 122 Å². The van der Waals surface area contributed by atoms with Crippen molar-refractivity contribution in [2.75, 3.05) is 6.61 Å². The van der Waals surface area contributed by atoms with Crippen LogP contribution in [0.15, 0.2) is 60.7 Å². The van der Waals surface area contributed by atoms with Gasteiger partial charge in [0.05, 0.1) is 31.5 Å². The minimum absolute atomic E-state index is 0.0142. The van der Waals surface area contributed by atoms with Crippen molar-refractivity contribution in [3.05, 3.63) is 71.8 Å². The van der Waals surface area contributed by atoms with E-state index < -0.39 is 8.32 Å². The molecule has 2 aromatic carbocycles. The van der Waals surface area contributed by atoms with Gasteiger partial charge in [0.15, 0.2) is 8.32 Å². The van der Waals surface area contributed by atoms with Crippen LogP contribution in [-0.4, -0.2) is 39.3 Å². The van der Waals surface area contributed by atoms with Crippen LogP contribution < -0.4 is 5.32 Å². The summed E-state index contributed by atoms with van der Waals surface area (Å²) in [4.78, 5) is 0. The standard InChI is InChI=1S/C39H65NO3Si/c1-7-8-9-10-11-12-13-14-15-16-17-24-29-35-38(41-31-34-27-22-19-23-28-34)37(40-30-33-25-20-18-21-26-33)36(43-35)32-42-44(5,6)39(2,3)4/h18-23,25-28,35-38,40H,7-17,24,29-32H2,1-6H3/t35-,36+,37+,38-/m0/s1. The van der Waals surface area contributed by atoms with E-state index in [4.69, 9.17) is 13.9 Å². The minimum atomic E-state index is -1.91. The molecule has 1 heterocycles. The predicted octanol–water partition coefficient (Wildman–Crippen LogP) is 10.6. The van der Waals surface area contributed by atoms with E-state index in [1.54, 1.807) is 0 Å². The fraction of sp³-hybridized carbons (Fsp3) is 0.692. The maximum absolute atomic E-state index is 6.88. The Morgan fingerprint density at radius 3 is 1.77 bits per heavy atom. The molecule has 0 unspecified atom stereocenters. The summed E-state index contributed by atoms with van der Waals surface area (Å²) in [5.74, 6) is 0. The third-order valence-electron chi connectivity index (χ3n) is 9.90. The molecule has 3 rings (SSSR count). The minimum Gasteiger partial charge on any atom is -0.414 e. The van der Waals surface area contributed by atoms with Crippen molar-refractivity contribution in [3.8, 4) is 0 Å². The molecule has 44 heavy (non-hydrogen) atoms. The van der Waals surface area contributed by atoms with E-state index in [9.17, 15) is 0 Å². The molecule has 2 aromatic rings. The third kappa shape index (κ3) is 13.1. The van der Waals surface area contributed by atoms with Crippen molar-refractivity contribution in [2.24, 2.45) is 0 Å². The molecule has 5 heteroatoms. The van der Waals surface area contributed by atoms with Crippen LogP contribution in [0.25, 0.3) is 0 Å². The Morgan fingerprint density at radius 1 is 0.705 bits per heavy atom. The van der Waals surface area contributed by atoms with Crippen molar-refractivity contribution in [3.63, 3.8) is 0 Å². The van der Waals surface area contributed by atoms with Crippen LogP contribution in [0.5, 0.6) is 0 Å². The molecule has 1 saturated heterocycles. The lowest BCUT2D eigenvalue weighted by Gasteiger charge is -2.37. The van der Waals surface area contributed by atoms with Gasteiger partial charge >= 0.3 is 0 Å². The summed E-state index contributed by atoms with van der Waals surface area (Å²) in [7, 11) is -1.91. The smallest absolute Gasteiger partial charge is 0.192 e. The topological polar surface area (TPSA) is 39.7 Å². The Hall–Kier alpha value is -1.50. The quantitative estimate of drug-likeness (QED) is 0.105. The van der Waals surface area contributed by atoms with Crippen LogP contribution in [0.2, 0.25) is 18.1 Å². The van der Waals surface area contributed by atoms with Gasteiger partial charge in [-0.3, -0.25) is 0 Å². The van der Waals surface area contributed by atoms with Gasteiger partial charge in [0.2, 0.25) is 0 Å². The Balaban J connectivity index is 1.59. The molecule has 248 valence electrons. The first kappa shape index (κ1) is 37.0. The summed E-state index contributed by atoms with van der Waals surface area (Å²) < 4.78 is 20.4. The fourth-order valence-electron chi connectivity index (χ4n) is 5.95. The number of nitrogens with one attached hydrogen (secondary N) is 1. The van der Waals surface area contributed by atoms with Gasteiger partial charge in [-0.05, 0) is 35.7 Å². The van der Waals surface area contributed by atoms with Gasteiger partial charge in [-0.15, -0.1) is 0 Å². The highest BCUT2D eigenvalue weighted by Crippen LogP contribution is 2.38. The third-order valence-corrected chi connectivity index (χ3v) is 14.4. The zero-order chi connectivity index (χ0) is 31.7. The van der Waals surface area contributed by atoms with Crippen LogP contribution in [0.3, 0.4) is 0 Å². The average molecular weight is 624 g/mol. The largest absolute Gasteiger partial charge is 0.414 e. The lowest BCUT2D eigenvalue weighted by Crippen LogP contribution is -2.49. The van der Waals surface area contributed by atoms with E-state index in [1.165, 1.54) is 88.2 Å². The molecule has 0 spiro atoms. The summed E-state index contributed by atoms with van der Waals surface area (Å²) in [6.07, 6.45) is 17.4. The van der Waals surface area contributed by atoms with Gasteiger partial charge in [-0.2, -0.15) is 0 Å². The van der Waals surface area contributed by atoms with E-state index in [0.717, 1.165) is 13.0 Å². The summed E-state index contributed by atoms with van der Waals surface area (Å²) in [5, 5.41) is 4.03. The first-order chi connectivity index (χ1) is 21.2. The second-order valence-electron chi connectivity index (χ2n) is 14.6. The Kier molecular flexibility index (Phi) is 16.7. The first-order valence-electron chi connectivity index (χ1n) is 17.9. The summed E-state index contributed by atoms with van der Waals surface area (Å²) in [6, 6.07) is 21.3. The highest BCUT2D eigenvalue weighted by atomic mass is 28.4. The molecule has 1 N–H and O–H groups in total. The summed E-state index contributed by atoms with van der Waals surface area (Å²) >= 11 is 0. The Bertz CT molecular complexity index is 993. The second-order valence-corrected chi connectivity index (χ2v) is 19.4. The van der Waals surface area contributed by atoms with E-state index in [2.05, 4.69) is 107 Å². The van der Waals surface area contributed by atoms with Gasteiger partial charge < -0.3 is 19.2 Å². The first-order valence-corrected chi connectivity index (χ1v) is 20.8. The number of hydrogen-bond acceptors (Lipinski definition) is 4. The Labute approximate surface area is 272 Å². The molecule has 0 amide bonds. The lowest BCUT2D eigenvalue weighted by molar-refractivity contribution is -0.0405. The lowest BCUT2D eigenvalue weighted by atomic mass is 9.99. The zero-order valence-corrected chi connectivity index (χ0v) is 30.1. The van der Waals surface area contributed by atoms with Crippen molar-refractivity contribution in [1.82, 2.24) is 5.32 Å². The molecule has 0 radical (unpaired) electrons. The maximum Gasteiger partial charge on any atom is 0.192 e. The Morgan fingerprint density at radius 2 is 1.23 bits per heavy atom. The normalized spacial score (nSPS) is 20.8. The molecule has 1 fully saturated rings. The zero-order valence-electron chi connectivity index (χ0n) is 29.1. The molecule has 4 atom stereocenters. The second kappa shape index (κ2) is 19.9. The maximum atomic E-state index is 6.88. The van der Waals surface area contributed by atoms with Crippen LogP contribution >= 0.6 is 0 Å². The highest BCUT2D eigenvalue weighted by Gasteiger charge is 2.46. The van der Waals surface area contributed by atoms with Crippen molar-refractivity contribution >= 4 is 8.32 Å². The monoisotopic (exact) mass is 623 g/mol. The fourth-order valence-corrected chi connectivity index (χ4v) is 6.97. The molecule has 0 bridgehead atoms. The van der Waals surface area contributed by atoms with E-state index >= 15 is 0 Å². The van der Waals surface area contributed by atoms with Crippen LogP contribution in [0.4, 0.5) is 0 Å². The summed E-state index contributed by atoms with van der Waals surface area (Å²) in [6.45, 7) is 15.9. The van der Waals surface area contributed by atoms with Gasteiger partial charge in [0.25, 0.3) is 0 Å². The number of ether oxygens (including phenoxy) is 2. The van der Waals surface area contributed by atoms with Gasteiger partial charge in [0.1, 0.15) is 6.10 Å². The number of unbranched alkanes of at least 4 members (excludes halogenated alkanes) is 11. The molecule has 1 aliphatic heterocycles. The van der Waals surface area contributed by atoms with Crippen LogP contribution in [0, 0.1) is 0 Å². The number of benzene rings is 2. The molecular formula is C39H65NO3Si. The van der Waals surface area contributed by atoms with Gasteiger partial charge in [-0.25, -0.2) is 0 Å². The highest BCUT2D eigenvalue weighted by molar-refractivity contribution is 6.74. The molecule has 0 saturated carbocycles. The van der Waals surface area contributed by atoms with E-state index in [0.29, 0.717) is 13.2 Å². The molecule has 4 nitrogen and oxygen atoms in total.